The van der Waals surface area contributed by atoms with Gasteiger partial charge in [-0.2, -0.15) is 0 Å². The number of fused-ring (bicyclic) bond motifs is 1. The van der Waals surface area contributed by atoms with Crippen LogP contribution in [0.3, 0.4) is 0 Å². The van der Waals surface area contributed by atoms with Gasteiger partial charge in [-0.3, -0.25) is 14.9 Å². The van der Waals surface area contributed by atoms with Crippen molar-refractivity contribution < 1.29 is 29.6 Å². The van der Waals surface area contributed by atoms with E-state index in [0.717, 1.165) is 72.9 Å². The number of ether oxygens (including phenoxy) is 1. The molecule has 0 spiro atoms. The summed E-state index contributed by atoms with van der Waals surface area (Å²) in [6.07, 6.45) is 13.6. The molecule has 1 aliphatic heterocycles. The Morgan fingerprint density at radius 1 is 0.980 bits per heavy atom. The number of aromatic hydroxyl groups is 2. The van der Waals surface area contributed by atoms with Gasteiger partial charge in [-0.15, -0.1) is 0 Å². The van der Waals surface area contributed by atoms with E-state index in [4.69, 9.17) is 10.5 Å². The molecule has 0 amide bonds. The first-order chi connectivity index (χ1) is 24.7. The Morgan fingerprint density at radius 2 is 1.78 bits per heavy atom. The first kappa shape index (κ1) is 37.6. The molecule has 0 fully saturated rings. The van der Waals surface area contributed by atoms with E-state index in [2.05, 4.69) is 16.4 Å². The number of aryl methyl sites for hydroxylation is 1. The Morgan fingerprint density at radius 3 is 2.57 bits per heavy atom. The monoisotopic (exact) mass is 693 g/mol. The van der Waals surface area contributed by atoms with Crippen molar-refractivity contribution in [3.05, 3.63) is 124 Å². The third-order valence-electron chi connectivity index (χ3n) is 9.57. The average molecular weight is 694 g/mol. The molecule has 7 N–H and O–H groups in total. The molecule has 3 aromatic carbocycles. The van der Waals surface area contributed by atoms with E-state index in [1.165, 1.54) is 0 Å². The van der Waals surface area contributed by atoms with Crippen molar-refractivity contribution >= 4 is 11.6 Å². The highest BCUT2D eigenvalue weighted by Crippen LogP contribution is 2.37. The summed E-state index contributed by atoms with van der Waals surface area (Å²) in [5, 5.41) is 34.2. The number of aliphatic hydroxyl groups is 1. The summed E-state index contributed by atoms with van der Waals surface area (Å²) in [7, 11) is 0. The Labute approximate surface area is 300 Å². The number of hydrogen-bond donors (Lipinski definition) is 6. The third-order valence-corrected chi connectivity index (χ3v) is 9.57. The first-order valence-electron chi connectivity index (χ1n) is 18.1. The number of aromatic nitrogens is 1. The van der Waals surface area contributed by atoms with E-state index in [9.17, 15) is 24.9 Å². The Balaban J connectivity index is 1.21. The number of phenols is 2. The lowest BCUT2D eigenvalue weighted by molar-refractivity contribution is -0.114. The fraction of sp³-hybridized carbons (Fsp3) is 0.381. The number of allylic oxidation sites excluding steroid dienone is 2. The van der Waals surface area contributed by atoms with Crippen molar-refractivity contribution in [3.63, 3.8) is 0 Å². The smallest absolute Gasteiger partial charge is 0.165 e. The van der Waals surface area contributed by atoms with Gasteiger partial charge in [-0.25, -0.2) is 0 Å². The van der Waals surface area contributed by atoms with Gasteiger partial charge in [-0.05, 0) is 97.2 Å². The largest absolute Gasteiger partial charge is 0.508 e. The van der Waals surface area contributed by atoms with E-state index < -0.39 is 0 Å². The van der Waals surface area contributed by atoms with Gasteiger partial charge in [0.1, 0.15) is 5.75 Å². The average Bonchev–Trinajstić information content (AvgIpc) is 3.67. The number of ketones is 2. The normalized spacial score (nSPS) is 15.4. The van der Waals surface area contributed by atoms with Crippen LogP contribution < -0.4 is 15.8 Å². The van der Waals surface area contributed by atoms with Crippen LogP contribution >= 0.6 is 0 Å². The number of rotatable bonds is 19. The van der Waals surface area contributed by atoms with Crippen LogP contribution in [-0.2, 0) is 24.1 Å². The molecule has 1 aliphatic rings. The quantitative estimate of drug-likeness (QED) is 0.0350. The van der Waals surface area contributed by atoms with Gasteiger partial charge in [0, 0.05) is 55.2 Å². The van der Waals surface area contributed by atoms with E-state index in [-0.39, 0.29) is 54.3 Å². The van der Waals surface area contributed by atoms with Crippen LogP contribution in [0.25, 0.3) is 0 Å². The second-order valence-corrected chi connectivity index (χ2v) is 13.6. The van der Waals surface area contributed by atoms with E-state index >= 15 is 0 Å². The summed E-state index contributed by atoms with van der Waals surface area (Å²) in [6, 6.07) is 18.5. The van der Waals surface area contributed by atoms with Gasteiger partial charge in [0.2, 0.25) is 0 Å². The van der Waals surface area contributed by atoms with E-state index in [0.29, 0.717) is 36.1 Å². The van der Waals surface area contributed by atoms with Crippen LogP contribution in [-0.4, -0.2) is 51.1 Å². The summed E-state index contributed by atoms with van der Waals surface area (Å²) in [5.74, 6) is 0.134. The lowest BCUT2D eigenvalue weighted by Gasteiger charge is -2.26. The maximum absolute atomic E-state index is 13.4. The van der Waals surface area contributed by atoms with Crippen LogP contribution in [0.1, 0.15) is 108 Å². The number of Topliss-reactive ketones (excluding diaryl/α,β-unsaturated/α-hetero) is 1. The lowest BCUT2D eigenvalue weighted by Crippen LogP contribution is -2.35. The van der Waals surface area contributed by atoms with Crippen molar-refractivity contribution in [2.24, 2.45) is 5.73 Å². The zero-order valence-corrected chi connectivity index (χ0v) is 29.4. The number of benzene rings is 3. The van der Waals surface area contributed by atoms with Crippen molar-refractivity contribution in [2.45, 2.75) is 89.3 Å². The summed E-state index contributed by atoms with van der Waals surface area (Å²) in [6.45, 7) is 2.85. The number of nitrogens with one attached hydrogen (secondary N) is 2. The molecule has 4 aromatic rings. The number of unbranched alkanes of at least 4 members (excludes halogenated alkanes) is 3. The molecule has 0 saturated carbocycles. The number of phenolic OH excluding ortho intramolecular Hbond substituents is 2. The molecule has 0 aliphatic carbocycles. The van der Waals surface area contributed by atoms with Gasteiger partial charge in [-0.1, -0.05) is 55.3 Å². The van der Waals surface area contributed by atoms with Gasteiger partial charge < -0.3 is 30.8 Å². The summed E-state index contributed by atoms with van der Waals surface area (Å²) >= 11 is 0. The Bertz CT molecular complexity index is 1780. The Kier molecular flexibility index (Phi) is 13.6. The summed E-state index contributed by atoms with van der Waals surface area (Å²) < 4.78 is 6.01. The SMILES string of the molecule is C[C@H](O)CCCCC/C=C/C(=O)CCc1ccc(O)c(OCCc2ccc(O)c([C@H](CC(=O)c3cc[nH]c3)c3ccc4c(c3)CCN[C@H]4N)c2)c1. The van der Waals surface area contributed by atoms with E-state index in [1.807, 2.05) is 30.3 Å². The minimum atomic E-state index is -0.385. The van der Waals surface area contributed by atoms with Crippen LogP contribution in [0.2, 0.25) is 0 Å². The van der Waals surface area contributed by atoms with Gasteiger partial charge in [0.05, 0.1) is 18.9 Å². The maximum Gasteiger partial charge on any atom is 0.165 e. The van der Waals surface area contributed by atoms with Crippen molar-refractivity contribution in [1.82, 2.24) is 10.3 Å². The zero-order valence-electron chi connectivity index (χ0n) is 29.4. The highest BCUT2D eigenvalue weighted by atomic mass is 16.5. The molecule has 9 nitrogen and oxygen atoms in total. The highest BCUT2D eigenvalue weighted by Gasteiger charge is 2.25. The summed E-state index contributed by atoms with van der Waals surface area (Å²) in [4.78, 5) is 28.7. The van der Waals surface area contributed by atoms with Crippen molar-refractivity contribution in [1.29, 1.82) is 0 Å². The molecule has 51 heavy (non-hydrogen) atoms. The predicted molar refractivity (Wildman–Crippen MR) is 199 cm³/mol. The molecule has 9 heteroatoms. The molecule has 1 aromatic heterocycles. The zero-order chi connectivity index (χ0) is 36.2. The fourth-order valence-electron chi connectivity index (χ4n) is 6.63. The molecule has 5 rings (SSSR count). The van der Waals surface area contributed by atoms with Gasteiger partial charge in [0.15, 0.2) is 23.1 Å². The molecule has 2 heterocycles. The molecule has 270 valence electrons. The lowest BCUT2D eigenvalue weighted by atomic mass is 9.82. The number of nitrogens with two attached hydrogens (primary N) is 1. The minimum Gasteiger partial charge on any atom is -0.508 e. The van der Waals surface area contributed by atoms with Crippen LogP contribution in [0, 0.1) is 0 Å². The molecule has 0 unspecified atom stereocenters. The number of carbonyl (C=O) groups is 2. The van der Waals surface area contributed by atoms with E-state index in [1.54, 1.807) is 55.7 Å². The molecular weight excluding hydrogens is 642 g/mol. The first-order valence-corrected chi connectivity index (χ1v) is 18.1. The van der Waals surface area contributed by atoms with Gasteiger partial charge in [0.25, 0.3) is 0 Å². The van der Waals surface area contributed by atoms with Crippen molar-refractivity contribution in [2.75, 3.05) is 13.2 Å². The number of carbonyl (C=O) groups excluding carboxylic acids is 2. The van der Waals surface area contributed by atoms with Crippen molar-refractivity contribution in [3.8, 4) is 17.2 Å². The molecule has 3 atom stereocenters. The number of aliphatic hydroxyl groups excluding tert-OH is 1. The minimum absolute atomic E-state index is 0.0256. The van der Waals surface area contributed by atoms with Crippen LogP contribution in [0.15, 0.2) is 85.2 Å². The molecular formula is C42H51N3O6. The number of H-pyrrole nitrogens is 1. The van der Waals surface area contributed by atoms with Crippen LogP contribution in [0.5, 0.6) is 17.2 Å². The fourth-order valence-corrected chi connectivity index (χ4v) is 6.63. The second-order valence-electron chi connectivity index (χ2n) is 13.6. The topological polar surface area (TPSA) is 158 Å². The number of hydrogen-bond acceptors (Lipinski definition) is 8. The third kappa shape index (κ3) is 10.9. The van der Waals surface area contributed by atoms with Gasteiger partial charge >= 0.3 is 0 Å². The second kappa shape index (κ2) is 18.5. The van der Waals surface area contributed by atoms with Crippen LogP contribution in [0.4, 0.5) is 0 Å². The Hall–Kier alpha value is -4.70. The number of aromatic amines is 1. The molecule has 0 saturated heterocycles. The summed E-state index contributed by atoms with van der Waals surface area (Å²) in [5.41, 5.74) is 12.5. The standard InChI is InChI=1S/C42H51N3O6/c1-28(46)7-5-3-2-4-6-8-34(47)13-9-29-11-16-39(49)41(24-29)51-22-19-30-10-15-38(48)37(23-30)36(26-40(50)33-17-20-44-27-33)31-12-14-35-32(25-31)18-21-45-42(35)43/h6,8,10-12,14-17,20,23-25,27-28,36,42,44-46,48-49H,2-5,7,9,13,18-19,21-22,26,43H2,1H3/b8-6+/t28-,36+,42+/m0/s1. The molecule has 0 radical (unpaired) electrons. The molecule has 0 bridgehead atoms. The highest BCUT2D eigenvalue weighted by molar-refractivity contribution is 5.96. The maximum atomic E-state index is 13.4. The predicted octanol–water partition coefficient (Wildman–Crippen LogP) is 6.94.